The van der Waals surface area contributed by atoms with Gasteiger partial charge in [-0.2, -0.15) is 0 Å². The molecule has 0 bridgehead atoms. The third-order valence-electron chi connectivity index (χ3n) is 5.06. The minimum atomic E-state index is 0.265. The van der Waals surface area contributed by atoms with Crippen molar-refractivity contribution in [3.63, 3.8) is 0 Å². The first-order valence-electron chi connectivity index (χ1n) is 9.61. The van der Waals surface area contributed by atoms with Gasteiger partial charge in [0, 0.05) is 17.1 Å². The third-order valence-corrected chi connectivity index (χ3v) is 7.81. The highest BCUT2D eigenvalue weighted by Crippen LogP contribution is 2.40. The Bertz CT molecular complexity index is 950. The minimum absolute atomic E-state index is 0.265. The van der Waals surface area contributed by atoms with Gasteiger partial charge in [0.2, 0.25) is 0 Å². The maximum atomic E-state index is 6.08. The van der Waals surface area contributed by atoms with Gasteiger partial charge in [-0.05, 0) is 24.2 Å². The Balaban J connectivity index is 1.80. The topological polar surface area (TPSA) is 52.3 Å². The van der Waals surface area contributed by atoms with Crippen molar-refractivity contribution in [1.82, 2.24) is 19.6 Å². The summed E-state index contributed by atoms with van der Waals surface area (Å²) in [4.78, 5) is 7.34. The van der Waals surface area contributed by atoms with Crippen LogP contribution >= 0.6 is 34.9 Å². The van der Waals surface area contributed by atoms with Crippen molar-refractivity contribution in [3.8, 4) is 0 Å². The van der Waals surface area contributed by atoms with Gasteiger partial charge in [0.1, 0.15) is 4.83 Å². The fourth-order valence-corrected chi connectivity index (χ4v) is 6.20. The molecule has 4 rings (SSSR count). The summed E-state index contributed by atoms with van der Waals surface area (Å²) in [6, 6.07) is 0. The number of rotatable bonds is 7. The highest BCUT2D eigenvalue weighted by molar-refractivity contribution is 7.99. The van der Waals surface area contributed by atoms with Crippen molar-refractivity contribution in [2.45, 2.75) is 69.5 Å². The van der Waals surface area contributed by atoms with Crippen LogP contribution in [0.25, 0.3) is 15.9 Å². The van der Waals surface area contributed by atoms with Gasteiger partial charge in [0.05, 0.1) is 18.1 Å². The molecule has 0 N–H and O–H groups in total. The molecule has 1 aliphatic heterocycles. The van der Waals surface area contributed by atoms with E-state index in [-0.39, 0.29) is 6.10 Å². The Kier molecular flexibility index (Phi) is 5.97. The van der Waals surface area contributed by atoms with Gasteiger partial charge in [-0.25, -0.2) is 9.38 Å². The second-order valence-corrected chi connectivity index (χ2v) is 10.2. The molecular formula is C19H26N4OS3. The molecule has 0 aliphatic carbocycles. The Morgan fingerprint density at radius 3 is 2.85 bits per heavy atom. The average molecular weight is 423 g/mol. The second-order valence-electron chi connectivity index (χ2n) is 7.28. The van der Waals surface area contributed by atoms with Crippen LogP contribution < -0.4 is 0 Å². The zero-order valence-corrected chi connectivity index (χ0v) is 18.8. The molecule has 0 radical (unpaired) electrons. The van der Waals surface area contributed by atoms with E-state index in [4.69, 9.17) is 9.72 Å². The number of hydrogen-bond donors (Lipinski definition) is 0. The zero-order valence-electron chi connectivity index (χ0n) is 16.3. The number of unbranched alkanes of at least 4 members (excludes halogenated alkanes) is 2. The molecular weight excluding hydrogens is 396 g/mol. The van der Waals surface area contributed by atoms with E-state index in [1.165, 1.54) is 35.1 Å². The van der Waals surface area contributed by atoms with E-state index in [1.807, 2.05) is 0 Å². The summed E-state index contributed by atoms with van der Waals surface area (Å²) < 4.78 is 8.24. The van der Waals surface area contributed by atoms with E-state index in [1.54, 1.807) is 34.9 Å². The molecule has 3 aromatic heterocycles. The maximum absolute atomic E-state index is 6.08. The van der Waals surface area contributed by atoms with Gasteiger partial charge >= 0.3 is 0 Å². The van der Waals surface area contributed by atoms with E-state index in [0.29, 0.717) is 12.5 Å². The molecule has 0 saturated carbocycles. The molecule has 4 heterocycles. The predicted octanol–water partition coefficient (Wildman–Crippen LogP) is 5.44. The fraction of sp³-hybridized carbons (Fsp3) is 0.632. The van der Waals surface area contributed by atoms with Crippen molar-refractivity contribution >= 4 is 50.7 Å². The van der Waals surface area contributed by atoms with Crippen LogP contribution in [0.4, 0.5) is 0 Å². The smallest absolute Gasteiger partial charge is 0.197 e. The number of hydrogen-bond acceptors (Lipinski definition) is 7. The van der Waals surface area contributed by atoms with E-state index >= 15 is 0 Å². The first kappa shape index (κ1) is 19.5. The number of thioether (sulfide) groups is 2. The lowest BCUT2D eigenvalue weighted by Gasteiger charge is -2.26. The number of ether oxygens (including phenoxy) is 1. The van der Waals surface area contributed by atoms with Gasteiger partial charge in [-0.3, -0.25) is 0 Å². The molecule has 3 aromatic rings. The van der Waals surface area contributed by atoms with Gasteiger partial charge in [-0.1, -0.05) is 57.1 Å². The van der Waals surface area contributed by atoms with Crippen molar-refractivity contribution in [2.24, 2.45) is 5.92 Å². The summed E-state index contributed by atoms with van der Waals surface area (Å²) in [6.45, 7) is 7.38. The van der Waals surface area contributed by atoms with Gasteiger partial charge < -0.3 is 4.74 Å². The summed E-state index contributed by atoms with van der Waals surface area (Å²) in [7, 11) is 0. The molecule has 1 aliphatic rings. The molecule has 0 amide bonds. The molecule has 0 unspecified atom stereocenters. The lowest BCUT2D eigenvalue weighted by Crippen LogP contribution is -2.26. The van der Waals surface area contributed by atoms with Crippen LogP contribution in [0.5, 0.6) is 0 Å². The normalized spacial score (nSPS) is 17.3. The molecule has 27 heavy (non-hydrogen) atoms. The first-order valence-corrected chi connectivity index (χ1v) is 12.6. The minimum Gasteiger partial charge on any atom is -0.372 e. The largest absolute Gasteiger partial charge is 0.372 e. The quantitative estimate of drug-likeness (QED) is 0.287. The van der Waals surface area contributed by atoms with Crippen molar-refractivity contribution < 1.29 is 4.74 Å². The Hall–Kier alpha value is -0.830. The summed E-state index contributed by atoms with van der Waals surface area (Å²) in [5.74, 6) is 1.58. The zero-order chi connectivity index (χ0) is 19.0. The lowest BCUT2D eigenvalue weighted by molar-refractivity contribution is 0.00203. The molecule has 5 nitrogen and oxygen atoms in total. The van der Waals surface area contributed by atoms with Crippen LogP contribution in [0, 0.1) is 5.92 Å². The lowest BCUT2D eigenvalue weighted by atomic mass is 9.96. The molecule has 0 spiro atoms. The second kappa shape index (κ2) is 8.27. The van der Waals surface area contributed by atoms with Gasteiger partial charge in [-0.15, -0.1) is 21.5 Å². The van der Waals surface area contributed by atoms with Crippen molar-refractivity contribution in [3.05, 3.63) is 10.4 Å². The molecule has 146 valence electrons. The van der Waals surface area contributed by atoms with Crippen LogP contribution in [0.3, 0.4) is 0 Å². The van der Waals surface area contributed by atoms with Gasteiger partial charge in [0.15, 0.2) is 16.0 Å². The van der Waals surface area contributed by atoms with Crippen molar-refractivity contribution in [2.75, 3.05) is 12.0 Å². The van der Waals surface area contributed by atoms with E-state index < -0.39 is 0 Å². The molecule has 0 saturated heterocycles. The van der Waals surface area contributed by atoms with Crippen LogP contribution in [0.1, 0.15) is 50.5 Å². The fourth-order valence-electron chi connectivity index (χ4n) is 3.50. The maximum Gasteiger partial charge on any atom is 0.197 e. The third kappa shape index (κ3) is 3.61. The summed E-state index contributed by atoms with van der Waals surface area (Å²) >= 11 is 5.21. The Labute approximate surface area is 172 Å². The van der Waals surface area contributed by atoms with Gasteiger partial charge in [0.25, 0.3) is 0 Å². The van der Waals surface area contributed by atoms with E-state index in [9.17, 15) is 0 Å². The SMILES string of the molecule is CCCCCSc1nnc2c3c4c(sc3nc(SC)n12)CO[C@H](C(C)C)C4. The predicted molar refractivity (Wildman–Crippen MR) is 115 cm³/mol. The van der Waals surface area contributed by atoms with Crippen molar-refractivity contribution in [1.29, 1.82) is 0 Å². The van der Waals surface area contributed by atoms with Crippen LogP contribution in [-0.4, -0.2) is 37.7 Å². The number of thiophene rings is 1. The number of nitrogens with zero attached hydrogens (tertiary/aromatic N) is 4. The summed E-state index contributed by atoms with van der Waals surface area (Å²) in [6.07, 6.45) is 6.98. The molecule has 0 aromatic carbocycles. The van der Waals surface area contributed by atoms with Crippen LogP contribution in [0.15, 0.2) is 10.3 Å². The molecule has 0 fully saturated rings. The Morgan fingerprint density at radius 1 is 1.26 bits per heavy atom. The molecule has 8 heteroatoms. The molecule has 1 atom stereocenters. The van der Waals surface area contributed by atoms with E-state index in [0.717, 1.165) is 33.0 Å². The number of fused-ring (bicyclic) bond motifs is 5. The monoisotopic (exact) mass is 422 g/mol. The summed E-state index contributed by atoms with van der Waals surface area (Å²) in [5, 5.41) is 12.3. The first-order chi connectivity index (χ1) is 13.1. The average Bonchev–Trinajstić information content (AvgIpc) is 3.24. The van der Waals surface area contributed by atoms with E-state index in [2.05, 4.69) is 41.6 Å². The summed E-state index contributed by atoms with van der Waals surface area (Å²) in [5.41, 5.74) is 2.34. The highest BCUT2D eigenvalue weighted by atomic mass is 32.2. The number of aromatic nitrogens is 4. The highest BCUT2D eigenvalue weighted by Gasteiger charge is 2.28. The standard InChI is InChI=1S/C19H26N4OS3/c1-5-6-7-8-26-19-22-21-16-15-12-9-13(11(2)3)24-10-14(12)27-17(15)20-18(25-4)23(16)19/h11,13H,5-10H2,1-4H3/t13-/m0/s1. The van der Waals surface area contributed by atoms with Crippen LogP contribution in [0.2, 0.25) is 0 Å². The van der Waals surface area contributed by atoms with Crippen LogP contribution in [-0.2, 0) is 17.8 Å². The Morgan fingerprint density at radius 2 is 2.11 bits per heavy atom.